The molecule has 9 heterocycles. The highest BCUT2D eigenvalue weighted by atomic mass is 32.2. The van der Waals surface area contributed by atoms with Crippen LogP contribution in [0.5, 0.6) is 0 Å². The third-order valence-electron chi connectivity index (χ3n) is 12.6. The number of aromatic amines is 2. The average Bonchev–Trinajstić information content (AvgIpc) is 4.38. The molecule has 3 aliphatic rings. The number of anilines is 3. The van der Waals surface area contributed by atoms with Crippen molar-refractivity contribution in [2.75, 3.05) is 64.2 Å². The summed E-state index contributed by atoms with van der Waals surface area (Å²) < 4.78 is 93.6. The number of phosphoric ester groups is 2. The van der Waals surface area contributed by atoms with E-state index in [-0.39, 0.29) is 63.8 Å². The SMILES string of the molecule is CO[C@@H]1[C@H](SCOC[C@H]2O[C@@H](n3cnc4c(=O)[nH]c(N)nc43)[C@H](O)[C@@H]2O)C(COP(=O)(O)OP(=O)(O)OP(=O)(O)OC[C@H]2OC([n+]3cn(C)c4c(=O)[nH]c(N)nc43)[C@H](O)[C@@H]2CC(=O)N(C)C)O[C@H]1n1cnc2c(N)ncnc21. The summed E-state index contributed by atoms with van der Waals surface area (Å²) in [6, 6.07) is 0. The molecule has 78 heavy (non-hydrogen) atoms. The van der Waals surface area contributed by atoms with Crippen molar-refractivity contribution in [1.29, 1.82) is 0 Å². The number of thioether (sulfide) groups is 1. The Kier molecular flexibility index (Phi) is 16.3. The number of carbonyl (C=O) groups excluding carboxylic acids is 1. The second-order valence-electron chi connectivity index (χ2n) is 17.9. The van der Waals surface area contributed by atoms with Crippen molar-refractivity contribution in [3.63, 3.8) is 0 Å². The number of amides is 1. The topological polar surface area (TPSA) is 516 Å². The number of aliphatic hydroxyl groups is 3. The molecule has 0 saturated carbocycles. The van der Waals surface area contributed by atoms with Gasteiger partial charge in [0.15, 0.2) is 41.4 Å². The number of nitrogens with one attached hydrogen (secondary N) is 2. The molecule has 14 N–H and O–H groups in total. The quantitative estimate of drug-likeness (QED) is 0.0145. The molecule has 0 radical (unpaired) electrons. The number of hydrogen-bond donors (Lipinski definition) is 11. The number of H-pyrrole nitrogens is 2. The van der Waals surface area contributed by atoms with Crippen LogP contribution in [-0.2, 0) is 66.9 Å². The number of hydrogen-bond acceptors (Lipinski definition) is 28. The van der Waals surface area contributed by atoms with Crippen LogP contribution in [0.2, 0.25) is 0 Å². The Hall–Kier alpha value is -5.44. The van der Waals surface area contributed by atoms with Gasteiger partial charge in [-0.15, -0.1) is 11.8 Å². The van der Waals surface area contributed by atoms with Crippen molar-refractivity contribution in [3.05, 3.63) is 46.0 Å². The van der Waals surface area contributed by atoms with Crippen LogP contribution >= 0.6 is 35.2 Å². The molecule has 1 amide bonds. The van der Waals surface area contributed by atoms with E-state index in [1.54, 1.807) is 0 Å². The molecule has 0 aromatic carbocycles. The van der Waals surface area contributed by atoms with E-state index in [0.717, 1.165) is 11.8 Å². The summed E-state index contributed by atoms with van der Waals surface area (Å²) >= 11 is 0.998. The highest BCUT2D eigenvalue weighted by Crippen LogP contribution is 2.68. The van der Waals surface area contributed by atoms with E-state index in [0.29, 0.717) is 0 Å². The number of phosphoric acid groups is 3. The number of nitrogens with zero attached hydrogens (tertiary/aromatic N) is 11. The van der Waals surface area contributed by atoms with Crippen LogP contribution in [0.3, 0.4) is 0 Å². The summed E-state index contributed by atoms with van der Waals surface area (Å²) in [6.45, 7) is -2.26. The first-order valence-electron chi connectivity index (χ1n) is 22.8. The first-order valence-corrected chi connectivity index (χ1v) is 28.3. The van der Waals surface area contributed by atoms with Gasteiger partial charge in [0, 0.05) is 33.5 Å². The molecule has 5 unspecified atom stereocenters. The van der Waals surface area contributed by atoms with Crippen molar-refractivity contribution in [2.45, 2.75) is 73.1 Å². The minimum atomic E-state index is -6.11. The molecule has 0 bridgehead atoms. The normalized spacial score (nSPS) is 28.8. The molecule has 426 valence electrons. The van der Waals surface area contributed by atoms with Gasteiger partial charge in [0.2, 0.25) is 23.6 Å². The fraction of sp³-hybridized carbons (Fsp3) is 0.568. The second kappa shape index (κ2) is 22.2. The Morgan fingerprint density at radius 3 is 2.10 bits per heavy atom. The summed E-state index contributed by atoms with van der Waals surface area (Å²) in [5.74, 6) is -2.44. The highest BCUT2D eigenvalue weighted by molar-refractivity contribution is 7.99. The summed E-state index contributed by atoms with van der Waals surface area (Å²) in [6.07, 6.45) is -8.75. The Labute approximate surface area is 440 Å². The lowest BCUT2D eigenvalue weighted by molar-refractivity contribution is -0.745. The van der Waals surface area contributed by atoms with Crippen LogP contribution in [-0.4, -0.2) is 189 Å². The Morgan fingerprint density at radius 1 is 0.795 bits per heavy atom. The molecule has 6 aromatic rings. The van der Waals surface area contributed by atoms with E-state index in [1.807, 2.05) is 0 Å². The largest absolute Gasteiger partial charge is 0.490 e. The fourth-order valence-electron chi connectivity index (χ4n) is 9.03. The zero-order valence-corrected chi connectivity index (χ0v) is 44.5. The van der Waals surface area contributed by atoms with Crippen LogP contribution in [0.4, 0.5) is 17.7 Å². The molecule has 0 spiro atoms. The molecule has 3 saturated heterocycles. The molecule has 15 atom stereocenters. The molecule has 0 aliphatic carbocycles. The average molecular weight is 1180 g/mol. The maximum atomic E-state index is 13.4. The van der Waals surface area contributed by atoms with Crippen LogP contribution in [0.25, 0.3) is 33.5 Å². The second-order valence-corrected chi connectivity index (χ2v) is 23.7. The van der Waals surface area contributed by atoms with Crippen LogP contribution in [0.1, 0.15) is 25.1 Å². The van der Waals surface area contributed by atoms with Gasteiger partial charge in [-0.3, -0.25) is 47.1 Å². The minimum absolute atomic E-state index is 0.0185. The van der Waals surface area contributed by atoms with Gasteiger partial charge < -0.3 is 75.8 Å². The number of rotatable bonds is 21. The van der Waals surface area contributed by atoms with Crippen LogP contribution < -0.4 is 32.9 Å². The van der Waals surface area contributed by atoms with Crippen molar-refractivity contribution < 1.29 is 94.4 Å². The number of imidazole rings is 3. The number of aromatic nitrogens is 12. The minimum Gasteiger partial charge on any atom is -0.387 e. The van der Waals surface area contributed by atoms with Gasteiger partial charge in [-0.05, 0) is 0 Å². The highest BCUT2D eigenvalue weighted by Gasteiger charge is 2.52. The van der Waals surface area contributed by atoms with E-state index in [2.05, 4.69) is 48.5 Å². The summed E-state index contributed by atoms with van der Waals surface area (Å²) in [5, 5.41) is 32.4. The lowest BCUT2D eigenvalue weighted by atomic mass is 9.94. The third-order valence-corrected chi connectivity index (χ3v) is 18.1. The molecule has 9 rings (SSSR count). The lowest BCUT2D eigenvalue weighted by Gasteiger charge is -2.24. The number of fused-ring (bicyclic) bond motifs is 3. The Morgan fingerprint density at radius 2 is 1.42 bits per heavy atom. The van der Waals surface area contributed by atoms with Gasteiger partial charge >= 0.3 is 29.1 Å². The zero-order chi connectivity index (χ0) is 56.3. The van der Waals surface area contributed by atoms with Gasteiger partial charge in [0.25, 0.3) is 17.1 Å². The van der Waals surface area contributed by atoms with E-state index in [4.69, 9.17) is 49.9 Å². The van der Waals surface area contributed by atoms with Gasteiger partial charge in [-0.25, -0.2) is 38.2 Å². The molecular weight excluding hydrogens is 1130 g/mol. The van der Waals surface area contributed by atoms with E-state index in [9.17, 15) is 58.1 Å². The monoisotopic (exact) mass is 1180 g/mol. The van der Waals surface area contributed by atoms with E-state index >= 15 is 0 Å². The summed E-state index contributed by atoms with van der Waals surface area (Å²) in [7, 11) is -12.0. The van der Waals surface area contributed by atoms with Crippen molar-refractivity contribution in [1.82, 2.24) is 58.5 Å². The number of methoxy groups -OCH3 is 1. The zero-order valence-electron chi connectivity index (χ0n) is 41.0. The number of aliphatic hydroxyl groups excluding tert-OH is 3. The van der Waals surface area contributed by atoms with Crippen molar-refractivity contribution in [2.24, 2.45) is 13.0 Å². The third kappa shape index (κ3) is 11.6. The van der Waals surface area contributed by atoms with Crippen LogP contribution in [0, 0.1) is 5.92 Å². The lowest BCUT2D eigenvalue weighted by Crippen LogP contribution is -2.45. The number of carbonyl (C=O) groups is 1. The summed E-state index contributed by atoms with van der Waals surface area (Å²) in [4.78, 5) is 100. The van der Waals surface area contributed by atoms with Gasteiger partial charge in [-0.2, -0.15) is 13.6 Å². The molecule has 3 aliphatic heterocycles. The molecule has 6 aromatic heterocycles. The van der Waals surface area contributed by atoms with Crippen molar-refractivity contribution >= 4 is 92.3 Å². The molecule has 37 nitrogen and oxygen atoms in total. The fourth-order valence-corrected chi connectivity index (χ4v) is 13.7. The standard InChI is InChI=1S/C37H51N16O21P3S/c1-49(2)18(54)5-14-15(70-33(22(14)55)53-12-50(3)21-30(53)46-37(40)48-32(21)59)7-68-75(60,61)73-77(64,65)74-76(62,63)69-8-17-26(25(66-4)35(72-17)51-10-43-19-27(38)41-9-42-28(19)51)78-13-67-6-16-23(56)24(57)34(71-16)52-11-44-20-29(52)45-36(39)47-31(20)58/h9-12,14-17,22-26,33-35,55-57H,5-8,13H2,1-4H3,(H10-,38,39,40,41,42,45,46,47,48,58,59,60,61,62,63,64,65)/p+1/t14-,15-,16-,17?,22-,23-,24-,25-,26-,33?,34-,35-/m1/s1. The maximum Gasteiger partial charge on any atom is 0.490 e. The first-order chi connectivity index (χ1) is 36.8. The Bertz CT molecular complexity index is 3490. The van der Waals surface area contributed by atoms with E-state index < -0.39 is 133 Å². The maximum absolute atomic E-state index is 13.4. The van der Waals surface area contributed by atoms with E-state index in [1.165, 1.54) is 76.7 Å². The number of ether oxygens (including phenoxy) is 5. The molecular formula is C37H52N16O21P3S+. The van der Waals surface area contributed by atoms with Gasteiger partial charge in [-0.1, -0.05) is 4.98 Å². The first kappa shape index (κ1) is 57.3. The predicted molar refractivity (Wildman–Crippen MR) is 261 cm³/mol. The number of aryl methyl sites for hydroxylation is 1. The molecule has 3 fully saturated rings. The van der Waals surface area contributed by atoms with Gasteiger partial charge in [0.05, 0.1) is 62.9 Å². The number of nitrogen functional groups attached to an aromatic ring is 3. The molecule has 41 heteroatoms. The van der Waals surface area contributed by atoms with Gasteiger partial charge in [0.1, 0.15) is 42.4 Å². The van der Waals surface area contributed by atoms with Crippen LogP contribution in [0.15, 0.2) is 34.9 Å². The smallest absolute Gasteiger partial charge is 0.387 e. The Balaban J connectivity index is 0.854. The predicted octanol–water partition coefficient (Wildman–Crippen LogP) is -3.40. The van der Waals surface area contributed by atoms with Crippen molar-refractivity contribution in [3.8, 4) is 0 Å². The summed E-state index contributed by atoms with van der Waals surface area (Å²) in [5.41, 5.74) is 16.4. The number of nitrogens with two attached hydrogens (primary N) is 3.